The Morgan fingerprint density at radius 2 is 2.14 bits per heavy atom. The van der Waals surface area contributed by atoms with E-state index in [9.17, 15) is 14.9 Å². The molecule has 0 radical (unpaired) electrons. The summed E-state index contributed by atoms with van der Waals surface area (Å²) < 4.78 is 0.403. The largest absolute Gasteiger partial charge is 0.326 e. The summed E-state index contributed by atoms with van der Waals surface area (Å²) in [6.45, 7) is 2.04. The van der Waals surface area contributed by atoms with E-state index < -0.39 is 4.92 Å². The summed E-state index contributed by atoms with van der Waals surface area (Å²) in [6.07, 6.45) is 3.54. The fourth-order valence-corrected chi connectivity index (χ4v) is 2.85. The van der Waals surface area contributed by atoms with Crippen molar-refractivity contribution in [2.24, 2.45) is 5.92 Å². The number of halogens is 1. The van der Waals surface area contributed by atoms with Gasteiger partial charge in [-0.05, 0) is 66.3 Å². The van der Waals surface area contributed by atoms with Crippen LogP contribution in [0, 0.1) is 16.0 Å². The molecule has 0 bridgehead atoms. The number of carbonyl (C=O) groups excluding carboxylic acids is 1. The highest BCUT2D eigenvalue weighted by Gasteiger charge is 2.16. The number of nitro groups is 1. The molecule has 0 aliphatic carbocycles. The minimum absolute atomic E-state index is 0.0499. The molecule has 0 saturated carbocycles. The summed E-state index contributed by atoms with van der Waals surface area (Å²) in [4.78, 5) is 22.3. The van der Waals surface area contributed by atoms with Gasteiger partial charge in [0.2, 0.25) is 5.91 Å². The van der Waals surface area contributed by atoms with E-state index in [-0.39, 0.29) is 11.6 Å². The second-order valence-corrected chi connectivity index (χ2v) is 6.06. The van der Waals surface area contributed by atoms with E-state index >= 15 is 0 Å². The number of nitro benzene ring substituents is 1. The van der Waals surface area contributed by atoms with Crippen LogP contribution in [-0.2, 0) is 4.79 Å². The standard InChI is InChI=1S/C14H18BrN3O3/c15-12-3-2-11(9-13(12)18(20)21)17-14(19)4-1-10-5-7-16-8-6-10/h2-3,9-10,16H,1,4-8H2,(H,17,19). The van der Waals surface area contributed by atoms with Gasteiger partial charge in [0.15, 0.2) is 0 Å². The molecule has 0 spiro atoms. The molecule has 2 rings (SSSR count). The lowest BCUT2D eigenvalue weighted by Gasteiger charge is -2.22. The number of rotatable bonds is 5. The highest BCUT2D eigenvalue weighted by molar-refractivity contribution is 9.10. The lowest BCUT2D eigenvalue weighted by Crippen LogP contribution is -2.28. The van der Waals surface area contributed by atoms with Crippen molar-refractivity contribution >= 4 is 33.2 Å². The molecule has 1 amide bonds. The van der Waals surface area contributed by atoms with Gasteiger partial charge >= 0.3 is 0 Å². The third-order valence-corrected chi connectivity index (χ3v) is 4.34. The normalized spacial score (nSPS) is 15.7. The molecule has 2 N–H and O–H groups in total. The number of benzene rings is 1. The SMILES string of the molecule is O=C(CCC1CCNCC1)Nc1ccc(Br)c([N+](=O)[O-])c1. The second-order valence-electron chi connectivity index (χ2n) is 5.20. The van der Waals surface area contributed by atoms with Crippen LogP contribution in [-0.4, -0.2) is 23.9 Å². The summed E-state index contributed by atoms with van der Waals surface area (Å²) in [7, 11) is 0. The van der Waals surface area contributed by atoms with E-state index in [1.807, 2.05) is 0 Å². The summed E-state index contributed by atoms with van der Waals surface area (Å²) in [6, 6.07) is 4.59. The van der Waals surface area contributed by atoms with Crippen molar-refractivity contribution in [3.8, 4) is 0 Å². The van der Waals surface area contributed by atoms with Crippen molar-refractivity contribution in [2.75, 3.05) is 18.4 Å². The highest BCUT2D eigenvalue weighted by atomic mass is 79.9. The van der Waals surface area contributed by atoms with Gasteiger partial charge in [0.1, 0.15) is 0 Å². The lowest BCUT2D eigenvalue weighted by molar-refractivity contribution is -0.385. The first-order chi connectivity index (χ1) is 10.1. The molecular weight excluding hydrogens is 338 g/mol. The Labute approximate surface area is 131 Å². The van der Waals surface area contributed by atoms with Gasteiger partial charge in [-0.15, -0.1) is 0 Å². The summed E-state index contributed by atoms with van der Waals surface area (Å²) in [5.74, 6) is 0.501. The lowest BCUT2D eigenvalue weighted by atomic mass is 9.93. The predicted octanol–water partition coefficient (Wildman–Crippen LogP) is 3.08. The van der Waals surface area contributed by atoms with Crippen LogP contribution in [0.4, 0.5) is 11.4 Å². The van der Waals surface area contributed by atoms with Gasteiger partial charge in [0.05, 0.1) is 9.40 Å². The van der Waals surface area contributed by atoms with Crippen LogP contribution < -0.4 is 10.6 Å². The van der Waals surface area contributed by atoms with Crippen molar-refractivity contribution < 1.29 is 9.72 Å². The molecular formula is C14H18BrN3O3. The number of hydrogen-bond acceptors (Lipinski definition) is 4. The predicted molar refractivity (Wildman–Crippen MR) is 84.3 cm³/mol. The zero-order valence-corrected chi connectivity index (χ0v) is 13.2. The molecule has 0 atom stereocenters. The van der Waals surface area contributed by atoms with Gasteiger partial charge in [0, 0.05) is 18.2 Å². The Morgan fingerprint density at radius 1 is 1.43 bits per heavy atom. The second kappa shape index (κ2) is 7.51. The summed E-state index contributed by atoms with van der Waals surface area (Å²) in [5.41, 5.74) is 0.409. The molecule has 1 saturated heterocycles. The van der Waals surface area contributed by atoms with Crippen LogP contribution >= 0.6 is 15.9 Å². The summed E-state index contributed by atoms with van der Waals surface area (Å²) in [5, 5.41) is 16.9. The van der Waals surface area contributed by atoms with Gasteiger partial charge in [0.25, 0.3) is 5.69 Å². The van der Waals surface area contributed by atoms with Crippen LogP contribution in [0.25, 0.3) is 0 Å². The average Bonchev–Trinajstić information content (AvgIpc) is 2.48. The number of anilines is 1. The Kier molecular flexibility index (Phi) is 5.69. The minimum atomic E-state index is -0.477. The van der Waals surface area contributed by atoms with E-state index in [1.165, 1.54) is 6.07 Å². The first kappa shape index (κ1) is 15.9. The molecule has 6 nitrogen and oxygen atoms in total. The fraction of sp³-hybridized carbons (Fsp3) is 0.500. The van der Waals surface area contributed by atoms with E-state index in [1.54, 1.807) is 12.1 Å². The zero-order chi connectivity index (χ0) is 15.2. The molecule has 1 aromatic carbocycles. The zero-order valence-electron chi connectivity index (χ0n) is 11.6. The molecule has 1 aromatic rings. The van der Waals surface area contributed by atoms with E-state index in [0.29, 0.717) is 22.5 Å². The van der Waals surface area contributed by atoms with Crippen molar-refractivity contribution in [3.05, 3.63) is 32.8 Å². The Balaban J connectivity index is 1.87. The number of piperidine rings is 1. The van der Waals surface area contributed by atoms with Gasteiger partial charge < -0.3 is 10.6 Å². The number of nitrogens with zero attached hydrogens (tertiary/aromatic N) is 1. The monoisotopic (exact) mass is 355 g/mol. The van der Waals surface area contributed by atoms with Crippen molar-refractivity contribution in [2.45, 2.75) is 25.7 Å². The first-order valence-electron chi connectivity index (χ1n) is 7.01. The number of carbonyl (C=O) groups is 1. The Morgan fingerprint density at radius 3 is 2.81 bits per heavy atom. The Bertz CT molecular complexity index is 530. The molecule has 0 aromatic heterocycles. The number of hydrogen-bond donors (Lipinski definition) is 2. The van der Waals surface area contributed by atoms with Gasteiger partial charge in [-0.2, -0.15) is 0 Å². The van der Waals surface area contributed by atoms with Gasteiger partial charge in [-0.1, -0.05) is 0 Å². The smallest absolute Gasteiger partial charge is 0.285 e. The van der Waals surface area contributed by atoms with Gasteiger partial charge in [-0.25, -0.2) is 0 Å². The quantitative estimate of drug-likeness (QED) is 0.627. The highest BCUT2D eigenvalue weighted by Crippen LogP contribution is 2.28. The maximum absolute atomic E-state index is 11.9. The molecule has 1 aliphatic rings. The van der Waals surface area contributed by atoms with Crippen LogP contribution in [0.3, 0.4) is 0 Å². The van der Waals surface area contributed by atoms with E-state index in [4.69, 9.17) is 0 Å². The molecule has 114 valence electrons. The van der Waals surface area contributed by atoms with Crippen LogP contribution in [0.2, 0.25) is 0 Å². The molecule has 1 fully saturated rings. The molecule has 1 aliphatic heterocycles. The molecule has 21 heavy (non-hydrogen) atoms. The molecule has 1 heterocycles. The molecule has 7 heteroatoms. The first-order valence-corrected chi connectivity index (χ1v) is 7.80. The topological polar surface area (TPSA) is 84.3 Å². The van der Waals surface area contributed by atoms with Crippen molar-refractivity contribution in [1.82, 2.24) is 5.32 Å². The van der Waals surface area contributed by atoms with E-state index in [2.05, 4.69) is 26.6 Å². The molecule has 0 unspecified atom stereocenters. The number of nitrogens with one attached hydrogen (secondary N) is 2. The van der Waals surface area contributed by atoms with Gasteiger partial charge in [-0.3, -0.25) is 14.9 Å². The van der Waals surface area contributed by atoms with Crippen LogP contribution in [0.1, 0.15) is 25.7 Å². The maximum Gasteiger partial charge on any atom is 0.285 e. The number of amides is 1. The third kappa shape index (κ3) is 4.78. The average molecular weight is 356 g/mol. The summed E-state index contributed by atoms with van der Waals surface area (Å²) >= 11 is 3.12. The third-order valence-electron chi connectivity index (χ3n) is 3.66. The van der Waals surface area contributed by atoms with Crippen molar-refractivity contribution in [1.29, 1.82) is 0 Å². The maximum atomic E-state index is 11.9. The minimum Gasteiger partial charge on any atom is -0.326 e. The van der Waals surface area contributed by atoms with Crippen LogP contribution in [0.5, 0.6) is 0 Å². The van der Waals surface area contributed by atoms with Crippen molar-refractivity contribution in [3.63, 3.8) is 0 Å². The van der Waals surface area contributed by atoms with E-state index in [0.717, 1.165) is 32.4 Å². The van der Waals surface area contributed by atoms with Crippen LogP contribution in [0.15, 0.2) is 22.7 Å². The fourth-order valence-electron chi connectivity index (χ4n) is 2.46. The Hall–Kier alpha value is -1.47.